The van der Waals surface area contributed by atoms with Crippen LogP contribution in [-0.4, -0.2) is 19.5 Å². The van der Waals surface area contributed by atoms with Gasteiger partial charge in [0.2, 0.25) is 0 Å². The average Bonchev–Trinajstić information content (AvgIpc) is 3.69. The Balaban J connectivity index is 0.878. The van der Waals surface area contributed by atoms with Crippen molar-refractivity contribution in [3.05, 3.63) is 231 Å². The summed E-state index contributed by atoms with van der Waals surface area (Å²) in [6.07, 6.45) is 0. The topological polar surface area (TPSA) is 43.6 Å². The molecular weight excluding hydrogens is 741 g/mol. The lowest BCUT2D eigenvalue weighted by atomic mass is 9.97. The minimum Gasteiger partial charge on any atom is -0.309 e. The van der Waals surface area contributed by atoms with Crippen molar-refractivity contribution in [2.45, 2.75) is 0 Å². The summed E-state index contributed by atoms with van der Waals surface area (Å²) in [5.74, 6) is 1.92. The van der Waals surface area contributed by atoms with Gasteiger partial charge in [-0.1, -0.05) is 212 Å². The summed E-state index contributed by atoms with van der Waals surface area (Å²) in [4.78, 5) is 15.1. The van der Waals surface area contributed by atoms with Gasteiger partial charge in [-0.3, -0.25) is 0 Å². The van der Waals surface area contributed by atoms with E-state index in [0.29, 0.717) is 17.5 Å². The molecule has 9 aromatic carbocycles. The fourth-order valence-electron chi connectivity index (χ4n) is 8.49. The van der Waals surface area contributed by atoms with Crippen molar-refractivity contribution in [1.82, 2.24) is 19.5 Å². The normalized spacial score (nSPS) is 11.3. The zero-order valence-corrected chi connectivity index (χ0v) is 33.2. The monoisotopic (exact) mass is 778 g/mol. The molecule has 2 aromatic heterocycles. The van der Waals surface area contributed by atoms with E-state index in [1.54, 1.807) is 0 Å². The van der Waals surface area contributed by atoms with Gasteiger partial charge in [0.1, 0.15) is 0 Å². The molecule has 0 fully saturated rings. The van der Waals surface area contributed by atoms with Crippen LogP contribution in [0.3, 0.4) is 0 Å². The molecule has 2 heterocycles. The Kier molecular flexibility index (Phi) is 9.14. The van der Waals surface area contributed by atoms with Crippen molar-refractivity contribution in [3.8, 4) is 84.4 Å². The molecule has 61 heavy (non-hydrogen) atoms. The second-order valence-corrected chi connectivity index (χ2v) is 15.2. The second kappa shape index (κ2) is 15.5. The van der Waals surface area contributed by atoms with Crippen LogP contribution in [0.5, 0.6) is 0 Å². The zero-order valence-electron chi connectivity index (χ0n) is 33.2. The molecule has 0 amide bonds. The summed E-state index contributed by atoms with van der Waals surface area (Å²) in [6.45, 7) is 0. The van der Waals surface area contributed by atoms with E-state index < -0.39 is 0 Å². The van der Waals surface area contributed by atoms with Gasteiger partial charge in [0, 0.05) is 33.0 Å². The maximum Gasteiger partial charge on any atom is 0.164 e. The molecule has 0 saturated carbocycles. The van der Waals surface area contributed by atoms with Crippen LogP contribution in [-0.2, 0) is 0 Å². The van der Waals surface area contributed by atoms with Crippen LogP contribution in [0, 0.1) is 0 Å². The summed E-state index contributed by atoms with van der Waals surface area (Å²) in [5.41, 5.74) is 15.6. The van der Waals surface area contributed by atoms with E-state index in [0.717, 1.165) is 38.9 Å². The van der Waals surface area contributed by atoms with Crippen molar-refractivity contribution >= 4 is 21.8 Å². The minimum absolute atomic E-state index is 0.634. The molecule has 4 nitrogen and oxygen atoms in total. The summed E-state index contributed by atoms with van der Waals surface area (Å²) in [5, 5.41) is 2.52. The number of hydrogen-bond donors (Lipinski definition) is 0. The molecule has 0 aliphatic rings. The first-order valence-corrected chi connectivity index (χ1v) is 20.6. The average molecular weight is 779 g/mol. The molecule has 4 heteroatoms. The molecule has 0 unspecified atom stereocenters. The Labute approximate surface area is 354 Å². The standard InChI is InChI=1S/C57H38N4/c1-3-15-43(16-4-1)47-19-7-8-23-51(47)57-59-55(45-17-5-2-6-18-45)58-56(60-57)46-37-33-42(34-38-46)40-29-27-39(28-30-40)41-31-35-44(36-32-41)48-20-9-12-24-52(48)61-53-25-13-10-21-49(53)50-22-11-14-26-54(50)61/h1-38H. The highest BCUT2D eigenvalue weighted by molar-refractivity contribution is 6.09. The van der Waals surface area contributed by atoms with E-state index in [4.69, 9.17) is 15.0 Å². The zero-order chi connectivity index (χ0) is 40.5. The molecule has 0 saturated heterocycles. The molecule has 0 atom stereocenters. The highest BCUT2D eigenvalue weighted by atomic mass is 15.0. The van der Waals surface area contributed by atoms with Crippen LogP contribution in [0.4, 0.5) is 0 Å². The molecular formula is C57H38N4. The third-order valence-corrected chi connectivity index (χ3v) is 11.5. The van der Waals surface area contributed by atoms with Gasteiger partial charge >= 0.3 is 0 Å². The van der Waals surface area contributed by atoms with Gasteiger partial charge in [0.15, 0.2) is 17.5 Å². The Hall–Kier alpha value is -8.21. The van der Waals surface area contributed by atoms with Gasteiger partial charge in [-0.05, 0) is 57.1 Å². The number of benzene rings is 9. The van der Waals surface area contributed by atoms with Crippen molar-refractivity contribution in [1.29, 1.82) is 0 Å². The van der Waals surface area contributed by atoms with E-state index >= 15 is 0 Å². The number of nitrogens with zero attached hydrogens (tertiary/aromatic N) is 4. The lowest BCUT2D eigenvalue weighted by molar-refractivity contribution is 1.07. The predicted molar refractivity (Wildman–Crippen MR) is 252 cm³/mol. The maximum atomic E-state index is 5.08. The molecule has 0 spiro atoms. The van der Waals surface area contributed by atoms with Gasteiger partial charge in [-0.2, -0.15) is 0 Å². The van der Waals surface area contributed by atoms with Gasteiger partial charge in [0.05, 0.1) is 16.7 Å². The highest BCUT2D eigenvalue weighted by Gasteiger charge is 2.17. The fraction of sp³-hybridized carbons (Fsp3) is 0. The van der Waals surface area contributed by atoms with Gasteiger partial charge in [0.25, 0.3) is 0 Å². The van der Waals surface area contributed by atoms with Crippen LogP contribution in [0.15, 0.2) is 231 Å². The number of aromatic nitrogens is 4. The third-order valence-electron chi connectivity index (χ3n) is 11.5. The summed E-state index contributed by atoms with van der Waals surface area (Å²) < 4.78 is 2.40. The molecule has 0 aliphatic carbocycles. The van der Waals surface area contributed by atoms with E-state index in [1.807, 2.05) is 42.5 Å². The molecule has 286 valence electrons. The van der Waals surface area contributed by atoms with Crippen LogP contribution >= 0.6 is 0 Å². The largest absolute Gasteiger partial charge is 0.309 e. The van der Waals surface area contributed by atoms with Crippen molar-refractivity contribution in [3.63, 3.8) is 0 Å². The Morgan fingerprint density at radius 3 is 1.11 bits per heavy atom. The first kappa shape index (κ1) is 35.9. The second-order valence-electron chi connectivity index (χ2n) is 15.2. The molecule has 11 rings (SSSR count). The van der Waals surface area contributed by atoms with Crippen LogP contribution in [0.2, 0.25) is 0 Å². The first-order chi connectivity index (χ1) is 30.2. The number of fused-ring (bicyclic) bond motifs is 3. The maximum absolute atomic E-state index is 5.08. The summed E-state index contributed by atoms with van der Waals surface area (Å²) in [6, 6.07) is 81.1. The predicted octanol–water partition coefficient (Wildman–Crippen LogP) is 14.6. The number of para-hydroxylation sites is 3. The molecule has 0 bridgehead atoms. The highest BCUT2D eigenvalue weighted by Crippen LogP contribution is 2.37. The smallest absolute Gasteiger partial charge is 0.164 e. The van der Waals surface area contributed by atoms with E-state index in [9.17, 15) is 0 Å². The number of rotatable bonds is 8. The van der Waals surface area contributed by atoms with E-state index in [-0.39, 0.29) is 0 Å². The van der Waals surface area contributed by atoms with E-state index in [2.05, 4.69) is 193 Å². The molecule has 0 aliphatic heterocycles. The van der Waals surface area contributed by atoms with Gasteiger partial charge in [-0.25, -0.2) is 15.0 Å². The van der Waals surface area contributed by atoms with Crippen molar-refractivity contribution < 1.29 is 0 Å². The number of hydrogen-bond acceptors (Lipinski definition) is 3. The minimum atomic E-state index is 0.634. The Morgan fingerprint density at radius 2 is 0.574 bits per heavy atom. The Morgan fingerprint density at radius 1 is 0.230 bits per heavy atom. The van der Waals surface area contributed by atoms with Gasteiger partial charge in [-0.15, -0.1) is 0 Å². The molecule has 11 aromatic rings. The van der Waals surface area contributed by atoms with Crippen molar-refractivity contribution in [2.75, 3.05) is 0 Å². The quantitative estimate of drug-likeness (QED) is 0.154. The summed E-state index contributed by atoms with van der Waals surface area (Å²) >= 11 is 0. The lowest BCUT2D eigenvalue weighted by Gasteiger charge is -2.14. The van der Waals surface area contributed by atoms with Crippen LogP contribution in [0.25, 0.3) is 106 Å². The Bertz CT molecular complexity index is 3260. The lowest BCUT2D eigenvalue weighted by Crippen LogP contribution is -2.01. The van der Waals surface area contributed by atoms with Gasteiger partial charge < -0.3 is 4.57 Å². The SMILES string of the molecule is c1ccc(-c2nc(-c3ccc(-c4ccc(-c5ccc(-c6ccccc6-n6c7ccccc7c7ccccc76)cc5)cc4)cc3)nc(-c3ccccc3-c3ccccc3)n2)cc1. The third kappa shape index (κ3) is 6.76. The molecule has 0 radical (unpaired) electrons. The van der Waals surface area contributed by atoms with Crippen molar-refractivity contribution in [2.24, 2.45) is 0 Å². The summed E-state index contributed by atoms with van der Waals surface area (Å²) in [7, 11) is 0. The fourth-order valence-corrected chi connectivity index (χ4v) is 8.49. The van der Waals surface area contributed by atoms with Crippen LogP contribution < -0.4 is 0 Å². The van der Waals surface area contributed by atoms with E-state index in [1.165, 1.54) is 49.7 Å². The van der Waals surface area contributed by atoms with Crippen LogP contribution in [0.1, 0.15) is 0 Å². The molecule has 0 N–H and O–H groups in total. The first-order valence-electron chi connectivity index (χ1n) is 20.6.